The lowest BCUT2D eigenvalue weighted by molar-refractivity contribution is -0.117. The van der Waals surface area contributed by atoms with Gasteiger partial charge in [0.2, 0.25) is 11.8 Å². The fraction of sp³-hybridized carbons (Fsp3) is 0.400. The Bertz CT molecular complexity index is 727. The summed E-state index contributed by atoms with van der Waals surface area (Å²) in [5, 5.41) is 2.89. The Labute approximate surface area is 154 Å². The summed E-state index contributed by atoms with van der Waals surface area (Å²) < 4.78 is 10.9. The number of anilines is 1. The fourth-order valence-corrected chi connectivity index (χ4v) is 3.20. The molecule has 1 aromatic carbocycles. The number of carbonyl (C=O) groups is 1. The first-order chi connectivity index (χ1) is 12.6. The zero-order valence-corrected chi connectivity index (χ0v) is 15.3. The lowest BCUT2D eigenvalue weighted by Gasteiger charge is -2.23. The molecular weight excluding hydrogens is 330 g/mol. The Morgan fingerprint density at radius 3 is 2.69 bits per heavy atom. The normalized spacial score (nSPS) is 14.4. The van der Waals surface area contributed by atoms with Gasteiger partial charge in [-0.25, -0.2) is 4.98 Å². The van der Waals surface area contributed by atoms with Gasteiger partial charge in [0, 0.05) is 18.2 Å². The van der Waals surface area contributed by atoms with Crippen LogP contribution in [0.3, 0.4) is 0 Å². The molecule has 1 saturated carbocycles. The molecule has 2 aromatic rings. The molecule has 0 spiro atoms. The van der Waals surface area contributed by atoms with E-state index in [9.17, 15) is 4.79 Å². The average molecular weight is 355 g/mol. The predicted octanol–water partition coefficient (Wildman–Crippen LogP) is 3.70. The molecule has 1 aromatic heterocycles. The minimum atomic E-state index is -0.0253. The van der Waals surface area contributed by atoms with Crippen molar-refractivity contribution in [2.75, 3.05) is 26.0 Å². The van der Waals surface area contributed by atoms with Crippen LogP contribution in [-0.4, -0.2) is 42.5 Å². The fourth-order valence-electron chi connectivity index (χ4n) is 3.20. The first-order valence-electron chi connectivity index (χ1n) is 8.92. The van der Waals surface area contributed by atoms with Crippen molar-refractivity contribution >= 4 is 11.6 Å². The molecule has 26 heavy (non-hydrogen) atoms. The monoisotopic (exact) mass is 355 g/mol. The SMILES string of the molecule is COc1cccc(Oc2ccc(NC(=O)CN(C)C3CCCC3)cn2)c1. The largest absolute Gasteiger partial charge is 0.497 e. The van der Waals surface area contributed by atoms with E-state index in [1.807, 2.05) is 25.2 Å². The van der Waals surface area contributed by atoms with Crippen LogP contribution < -0.4 is 14.8 Å². The number of pyridine rings is 1. The van der Waals surface area contributed by atoms with Gasteiger partial charge in [-0.2, -0.15) is 0 Å². The molecule has 1 heterocycles. The summed E-state index contributed by atoms with van der Waals surface area (Å²) in [6.07, 6.45) is 6.48. The van der Waals surface area contributed by atoms with Crippen molar-refractivity contribution in [3.63, 3.8) is 0 Å². The third-order valence-corrected chi connectivity index (χ3v) is 4.62. The number of nitrogens with one attached hydrogen (secondary N) is 1. The first-order valence-corrected chi connectivity index (χ1v) is 8.92. The van der Waals surface area contributed by atoms with Crippen molar-refractivity contribution in [3.8, 4) is 17.4 Å². The van der Waals surface area contributed by atoms with E-state index in [4.69, 9.17) is 9.47 Å². The van der Waals surface area contributed by atoms with E-state index in [-0.39, 0.29) is 5.91 Å². The van der Waals surface area contributed by atoms with E-state index >= 15 is 0 Å². The molecule has 6 heteroatoms. The number of amides is 1. The maximum Gasteiger partial charge on any atom is 0.238 e. The smallest absolute Gasteiger partial charge is 0.238 e. The molecule has 3 rings (SSSR count). The van der Waals surface area contributed by atoms with E-state index in [0.717, 1.165) is 5.75 Å². The molecule has 1 aliphatic rings. The van der Waals surface area contributed by atoms with Crippen LogP contribution in [0, 0.1) is 0 Å². The minimum absolute atomic E-state index is 0.0253. The molecule has 0 bridgehead atoms. The second-order valence-corrected chi connectivity index (χ2v) is 6.57. The van der Waals surface area contributed by atoms with Gasteiger partial charge in [0.25, 0.3) is 0 Å². The molecule has 0 saturated heterocycles. The number of benzene rings is 1. The van der Waals surface area contributed by atoms with Crippen molar-refractivity contribution in [2.45, 2.75) is 31.7 Å². The standard InChI is InChI=1S/C20H25N3O3/c1-23(16-6-3-4-7-16)14-19(24)22-15-10-11-20(21-13-15)26-18-9-5-8-17(12-18)25-2/h5,8-13,16H,3-4,6-7,14H2,1-2H3,(H,22,24). The van der Waals surface area contributed by atoms with Crippen LogP contribution in [-0.2, 0) is 4.79 Å². The summed E-state index contributed by atoms with van der Waals surface area (Å²) in [4.78, 5) is 18.6. The first kappa shape index (κ1) is 18.2. The molecule has 138 valence electrons. The van der Waals surface area contributed by atoms with Crippen molar-refractivity contribution < 1.29 is 14.3 Å². The molecule has 1 fully saturated rings. The highest BCUT2D eigenvalue weighted by Gasteiger charge is 2.21. The summed E-state index contributed by atoms with van der Waals surface area (Å²) in [5.41, 5.74) is 0.660. The summed E-state index contributed by atoms with van der Waals surface area (Å²) >= 11 is 0. The van der Waals surface area contributed by atoms with E-state index in [0.29, 0.717) is 29.9 Å². The number of ether oxygens (including phenoxy) is 2. The van der Waals surface area contributed by atoms with Gasteiger partial charge in [-0.05, 0) is 38.1 Å². The maximum absolute atomic E-state index is 12.2. The highest BCUT2D eigenvalue weighted by atomic mass is 16.5. The van der Waals surface area contributed by atoms with E-state index in [1.54, 1.807) is 31.5 Å². The average Bonchev–Trinajstić information content (AvgIpc) is 3.18. The zero-order chi connectivity index (χ0) is 18.4. The lowest BCUT2D eigenvalue weighted by atomic mass is 10.2. The number of rotatable bonds is 7. The second-order valence-electron chi connectivity index (χ2n) is 6.57. The molecule has 0 unspecified atom stereocenters. The van der Waals surface area contributed by atoms with Crippen molar-refractivity contribution in [3.05, 3.63) is 42.6 Å². The summed E-state index contributed by atoms with van der Waals surface area (Å²) in [6.45, 7) is 0.396. The van der Waals surface area contributed by atoms with Crippen LogP contribution in [0.25, 0.3) is 0 Å². The van der Waals surface area contributed by atoms with Crippen molar-refractivity contribution in [1.82, 2.24) is 9.88 Å². The molecular formula is C20H25N3O3. The third kappa shape index (κ3) is 4.95. The Morgan fingerprint density at radius 2 is 2.00 bits per heavy atom. The molecule has 1 N–H and O–H groups in total. The Kier molecular flexibility index (Phi) is 6.07. The van der Waals surface area contributed by atoms with Crippen molar-refractivity contribution in [1.29, 1.82) is 0 Å². The highest BCUT2D eigenvalue weighted by molar-refractivity contribution is 5.92. The summed E-state index contributed by atoms with van der Waals surface area (Å²) in [5.74, 6) is 1.80. The van der Waals surface area contributed by atoms with Gasteiger partial charge < -0.3 is 14.8 Å². The number of hydrogen-bond donors (Lipinski definition) is 1. The number of carbonyl (C=O) groups excluding carboxylic acids is 1. The van der Waals surface area contributed by atoms with Gasteiger partial charge in [-0.15, -0.1) is 0 Å². The number of aromatic nitrogens is 1. The van der Waals surface area contributed by atoms with Gasteiger partial charge in [0.15, 0.2) is 0 Å². The van der Waals surface area contributed by atoms with E-state index in [2.05, 4.69) is 15.2 Å². The van der Waals surface area contributed by atoms with Crippen LogP contribution >= 0.6 is 0 Å². The van der Waals surface area contributed by atoms with Crippen LogP contribution in [0.1, 0.15) is 25.7 Å². The number of nitrogens with zero attached hydrogens (tertiary/aromatic N) is 2. The Hall–Kier alpha value is -2.60. The summed E-state index contributed by atoms with van der Waals surface area (Å²) in [7, 11) is 3.62. The van der Waals surface area contributed by atoms with Gasteiger partial charge in [0.05, 0.1) is 25.5 Å². The van der Waals surface area contributed by atoms with Crippen molar-refractivity contribution in [2.24, 2.45) is 0 Å². The number of likely N-dealkylation sites (N-methyl/N-ethyl adjacent to an activating group) is 1. The van der Waals surface area contributed by atoms with Crippen LogP contribution in [0.4, 0.5) is 5.69 Å². The molecule has 6 nitrogen and oxygen atoms in total. The third-order valence-electron chi connectivity index (χ3n) is 4.62. The zero-order valence-electron chi connectivity index (χ0n) is 15.3. The topological polar surface area (TPSA) is 63.7 Å². The van der Waals surface area contributed by atoms with Gasteiger partial charge in [-0.1, -0.05) is 18.9 Å². The summed E-state index contributed by atoms with van der Waals surface area (Å²) in [6, 6.07) is 11.4. The maximum atomic E-state index is 12.2. The van der Waals surface area contributed by atoms with Crippen LogP contribution in [0.5, 0.6) is 17.4 Å². The van der Waals surface area contributed by atoms with Gasteiger partial charge in [-0.3, -0.25) is 9.69 Å². The van der Waals surface area contributed by atoms with Gasteiger partial charge >= 0.3 is 0 Å². The minimum Gasteiger partial charge on any atom is -0.497 e. The van der Waals surface area contributed by atoms with Gasteiger partial charge in [0.1, 0.15) is 11.5 Å². The second kappa shape index (κ2) is 8.67. The molecule has 1 aliphatic carbocycles. The van der Waals surface area contributed by atoms with E-state index in [1.165, 1.54) is 25.7 Å². The van der Waals surface area contributed by atoms with E-state index < -0.39 is 0 Å². The lowest BCUT2D eigenvalue weighted by Crippen LogP contribution is -2.36. The predicted molar refractivity (Wildman–Crippen MR) is 101 cm³/mol. The number of hydrogen-bond acceptors (Lipinski definition) is 5. The molecule has 0 atom stereocenters. The van der Waals surface area contributed by atoms with Crippen LogP contribution in [0.15, 0.2) is 42.6 Å². The quantitative estimate of drug-likeness (QED) is 0.820. The van der Waals surface area contributed by atoms with Crippen LogP contribution in [0.2, 0.25) is 0 Å². The number of methoxy groups -OCH3 is 1. The molecule has 0 radical (unpaired) electrons. The molecule has 0 aliphatic heterocycles. The Balaban J connectivity index is 1.52. The highest BCUT2D eigenvalue weighted by Crippen LogP contribution is 2.25. The Morgan fingerprint density at radius 1 is 1.23 bits per heavy atom. The molecule has 1 amide bonds.